The highest BCUT2D eigenvalue weighted by molar-refractivity contribution is 5.97. The number of aryl methyl sites for hydroxylation is 1. The van der Waals surface area contributed by atoms with Crippen LogP contribution in [0.2, 0.25) is 0 Å². The Morgan fingerprint density at radius 2 is 1.87 bits per heavy atom. The molecule has 3 aliphatic rings. The van der Waals surface area contributed by atoms with Crippen LogP contribution in [0.25, 0.3) is 10.8 Å². The lowest BCUT2D eigenvalue weighted by Crippen LogP contribution is -2.56. The average molecular weight is 618 g/mol. The molecule has 2 fully saturated rings. The third-order valence-electron chi connectivity index (χ3n) is 9.96. The smallest absolute Gasteiger partial charge is 0.249 e. The molecule has 0 unspecified atom stereocenters. The molecule has 0 saturated carbocycles. The molecule has 0 aliphatic carbocycles. The highest BCUT2D eigenvalue weighted by atomic mass is 16.5. The molecule has 0 spiro atoms. The molecule has 238 valence electrons. The van der Waals surface area contributed by atoms with E-state index in [2.05, 4.69) is 83.8 Å². The first kappa shape index (κ1) is 31.4. The number of carbonyl (C=O) groups excluding carboxylic acids is 1. The Labute approximate surface area is 272 Å². The molecule has 3 aliphatic heterocycles. The first-order valence-corrected chi connectivity index (χ1v) is 16.5. The van der Waals surface area contributed by atoms with Crippen LogP contribution >= 0.6 is 0 Å². The van der Waals surface area contributed by atoms with Crippen molar-refractivity contribution in [3.63, 3.8) is 0 Å². The van der Waals surface area contributed by atoms with Crippen LogP contribution in [0.1, 0.15) is 55.4 Å². The van der Waals surface area contributed by atoms with Crippen molar-refractivity contribution >= 4 is 28.2 Å². The quantitative estimate of drug-likeness (QED) is 0.318. The molecule has 4 heterocycles. The number of likely N-dealkylation sites (tertiary alicyclic amines) is 1. The number of amides is 1. The van der Waals surface area contributed by atoms with Crippen LogP contribution in [0.15, 0.2) is 48.6 Å². The number of ether oxygens (including phenoxy) is 1. The maximum atomic E-state index is 13.0. The van der Waals surface area contributed by atoms with Crippen molar-refractivity contribution in [2.45, 2.75) is 64.6 Å². The molecule has 2 atom stereocenters. The SMILES string of the molecule is C=C(C)C(=O)N1CCN(c2nc(OC[C@@H]3CCCN3C)c(C#N)c3c2CCN(c2cccc4cccc(CC)c24)C3)C[C@H]1CC#N. The van der Waals surface area contributed by atoms with Crippen LogP contribution in [0.4, 0.5) is 11.5 Å². The van der Waals surface area contributed by atoms with Gasteiger partial charge in [0.1, 0.15) is 24.1 Å². The Hall–Kier alpha value is -4.60. The van der Waals surface area contributed by atoms with Gasteiger partial charge in [-0.25, -0.2) is 0 Å². The summed E-state index contributed by atoms with van der Waals surface area (Å²) in [5, 5.41) is 22.7. The molecular formula is C37H43N7O2. The molecule has 9 nitrogen and oxygen atoms in total. The van der Waals surface area contributed by atoms with Gasteiger partial charge >= 0.3 is 0 Å². The van der Waals surface area contributed by atoms with Gasteiger partial charge in [0.2, 0.25) is 11.8 Å². The largest absolute Gasteiger partial charge is 0.475 e. The molecule has 0 N–H and O–H groups in total. The monoisotopic (exact) mass is 617 g/mol. The Kier molecular flexibility index (Phi) is 9.15. The standard InChI is InChI=1S/C37H43N7O2/c1-5-26-9-6-10-27-11-7-13-33(34(26)27)42-18-15-30-32(23-42)31(21-39)36(46-24-29-12-8-17-41(29)4)40-35(30)43-19-20-44(37(45)25(2)3)28(22-43)14-16-38/h6-7,9-11,13,28-29H,2,5,8,12,14-15,17-20,22-24H2,1,3-4H3/t28-,29+/m1/s1. The van der Waals surface area contributed by atoms with E-state index >= 15 is 0 Å². The Balaban J connectivity index is 1.41. The van der Waals surface area contributed by atoms with Crippen LogP contribution in [0, 0.1) is 22.7 Å². The topological polar surface area (TPSA) is 99.7 Å². The second-order valence-corrected chi connectivity index (χ2v) is 12.8. The number of carbonyl (C=O) groups is 1. The van der Waals surface area contributed by atoms with Gasteiger partial charge in [-0.1, -0.05) is 43.8 Å². The minimum Gasteiger partial charge on any atom is -0.475 e. The van der Waals surface area contributed by atoms with Crippen molar-refractivity contribution in [2.24, 2.45) is 0 Å². The molecule has 46 heavy (non-hydrogen) atoms. The number of nitriles is 2. The summed E-state index contributed by atoms with van der Waals surface area (Å²) < 4.78 is 6.44. The van der Waals surface area contributed by atoms with Gasteiger partial charge in [0.25, 0.3) is 0 Å². The summed E-state index contributed by atoms with van der Waals surface area (Å²) >= 11 is 0. The Morgan fingerprint density at radius 1 is 1.07 bits per heavy atom. The molecular weight excluding hydrogens is 574 g/mol. The minimum absolute atomic E-state index is 0.114. The maximum absolute atomic E-state index is 13.0. The fourth-order valence-corrected chi connectivity index (χ4v) is 7.44. The number of nitrogens with zero attached hydrogens (tertiary/aromatic N) is 7. The van der Waals surface area contributed by atoms with Gasteiger partial charge in [-0.2, -0.15) is 15.5 Å². The lowest BCUT2D eigenvalue weighted by Gasteiger charge is -2.43. The molecule has 2 saturated heterocycles. The number of benzene rings is 2. The Morgan fingerprint density at radius 3 is 2.57 bits per heavy atom. The van der Waals surface area contributed by atoms with E-state index in [-0.39, 0.29) is 24.4 Å². The molecule has 6 rings (SSSR count). The summed E-state index contributed by atoms with van der Waals surface area (Å²) in [6.07, 6.45) is 4.06. The molecule has 9 heteroatoms. The summed E-state index contributed by atoms with van der Waals surface area (Å²) in [6, 6.07) is 17.7. The first-order valence-electron chi connectivity index (χ1n) is 16.5. The van der Waals surface area contributed by atoms with E-state index in [1.165, 1.54) is 22.0 Å². The van der Waals surface area contributed by atoms with Crippen molar-refractivity contribution in [2.75, 3.05) is 56.2 Å². The fraction of sp³-hybridized carbons (Fsp3) is 0.459. The lowest BCUT2D eigenvalue weighted by atomic mass is 9.93. The number of fused-ring (bicyclic) bond motifs is 2. The van der Waals surface area contributed by atoms with Crippen molar-refractivity contribution < 1.29 is 9.53 Å². The summed E-state index contributed by atoms with van der Waals surface area (Å²) in [7, 11) is 2.12. The van der Waals surface area contributed by atoms with E-state index in [4.69, 9.17) is 9.72 Å². The normalized spacial score (nSPS) is 19.9. The Bertz CT molecular complexity index is 1730. The molecule has 2 aromatic carbocycles. The molecule has 1 aromatic heterocycles. The van der Waals surface area contributed by atoms with Gasteiger partial charge in [0, 0.05) is 66.5 Å². The van der Waals surface area contributed by atoms with Crippen LogP contribution in [-0.2, 0) is 24.2 Å². The fourth-order valence-electron chi connectivity index (χ4n) is 7.44. The van der Waals surface area contributed by atoms with Crippen molar-refractivity contribution in [1.82, 2.24) is 14.8 Å². The summed E-state index contributed by atoms with van der Waals surface area (Å²) in [5.74, 6) is 1.07. The number of hydrogen-bond acceptors (Lipinski definition) is 8. The number of hydrogen-bond donors (Lipinski definition) is 0. The second kappa shape index (κ2) is 13.4. The number of piperazine rings is 1. The van der Waals surface area contributed by atoms with E-state index in [1.807, 2.05) is 0 Å². The predicted octanol–water partition coefficient (Wildman–Crippen LogP) is 5.21. The van der Waals surface area contributed by atoms with Gasteiger partial charge in [0.05, 0.1) is 18.5 Å². The highest BCUT2D eigenvalue weighted by Gasteiger charge is 2.35. The van der Waals surface area contributed by atoms with Crippen molar-refractivity contribution in [3.05, 3.63) is 70.8 Å². The number of pyridine rings is 1. The van der Waals surface area contributed by atoms with E-state index in [9.17, 15) is 15.3 Å². The molecule has 0 bridgehead atoms. The zero-order valence-electron chi connectivity index (χ0n) is 27.3. The number of rotatable bonds is 8. The highest BCUT2D eigenvalue weighted by Crippen LogP contribution is 2.39. The average Bonchev–Trinajstić information content (AvgIpc) is 3.49. The summed E-state index contributed by atoms with van der Waals surface area (Å²) in [4.78, 5) is 26.7. The van der Waals surface area contributed by atoms with E-state index < -0.39 is 0 Å². The summed E-state index contributed by atoms with van der Waals surface area (Å²) in [6.45, 7) is 12.2. The lowest BCUT2D eigenvalue weighted by molar-refractivity contribution is -0.129. The molecule has 1 amide bonds. The molecule has 3 aromatic rings. The van der Waals surface area contributed by atoms with Crippen LogP contribution < -0.4 is 14.5 Å². The zero-order chi connectivity index (χ0) is 32.4. The third-order valence-corrected chi connectivity index (χ3v) is 9.96. The van der Waals surface area contributed by atoms with Crippen molar-refractivity contribution in [1.29, 1.82) is 10.5 Å². The van der Waals surface area contributed by atoms with Gasteiger partial charge in [-0.15, -0.1) is 0 Å². The maximum Gasteiger partial charge on any atom is 0.249 e. The number of aromatic nitrogens is 1. The first-order chi connectivity index (χ1) is 22.3. The van der Waals surface area contributed by atoms with Gasteiger partial charge in [-0.05, 0) is 63.2 Å². The van der Waals surface area contributed by atoms with Crippen LogP contribution in [-0.4, -0.2) is 79.2 Å². The van der Waals surface area contributed by atoms with Crippen LogP contribution in [0.5, 0.6) is 5.88 Å². The van der Waals surface area contributed by atoms with Gasteiger partial charge < -0.3 is 24.3 Å². The second-order valence-electron chi connectivity index (χ2n) is 12.8. The minimum atomic E-state index is -0.282. The zero-order valence-corrected chi connectivity index (χ0v) is 27.3. The van der Waals surface area contributed by atoms with Crippen molar-refractivity contribution in [3.8, 4) is 18.0 Å². The van der Waals surface area contributed by atoms with E-state index in [1.54, 1.807) is 11.8 Å². The van der Waals surface area contributed by atoms with E-state index in [0.717, 1.165) is 55.7 Å². The number of anilines is 2. The third kappa shape index (κ3) is 5.88. The number of likely N-dealkylation sites (N-methyl/N-ethyl adjacent to an activating group) is 1. The van der Waals surface area contributed by atoms with E-state index in [0.29, 0.717) is 49.8 Å². The summed E-state index contributed by atoms with van der Waals surface area (Å²) in [5.41, 5.74) is 5.48. The van der Waals surface area contributed by atoms with Gasteiger partial charge in [0.15, 0.2) is 0 Å². The molecule has 0 radical (unpaired) electrons. The van der Waals surface area contributed by atoms with Gasteiger partial charge in [-0.3, -0.25) is 4.79 Å². The van der Waals surface area contributed by atoms with Crippen LogP contribution in [0.3, 0.4) is 0 Å². The predicted molar refractivity (Wildman–Crippen MR) is 181 cm³/mol.